The average Bonchev–Trinajstić information content (AvgIpc) is 3.54. The van der Waals surface area contributed by atoms with Crippen molar-refractivity contribution in [1.82, 2.24) is 0 Å². The lowest BCUT2D eigenvalue weighted by atomic mass is 9.31. The Bertz CT molecular complexity index is 1720. The first-order chi connectivity index (χ1) is 29.5. The first-order valence-corrected chi connectivity index (χ1v) is 23.8. The Labute approximate surface area is 371 Å². The van der Waals surface area contributed by atoms with Crippen LogP contribution in [0.15, 0.2) is 12.2 Å². The van der Waals surface area contributed by atoms with Crippen LogP contribution in [0, 0.1) is 56.7 Å². The molecule has 4 saturated heterocycles. The highest BCUT2D eigenvalue weighted by Crippen LogP contribution is 2.79. The predicted molar refractivity (Wildman–Crippen MR) is 222 cm³/mol. The molecule has 4 aliphatic heterocycles. The van der Waals surface area contributed by atoms with Crippen molar-refractivity contribution < 1.29 is 79.1 Å². The number of allylic oxidation sites excluding steroid dienone is 1. The molecule has 26 atom stereocenters. The van der Waals surface area contributed by atoms with Gasteiger partial charge >= 0.3 is 0 Å². The minimum atomic E-state index is -1.78. The Hall–Kier alpha value is -0.900. The third-order valence-corrected chi connectivity index (χ3v) is 19.8. The summed E-state index contributed by atoms with van der Waals surface area (Å²) in [5, 5.41) is 98.1. The molecule has 9 rings (SSSR count). The fourth-order valence-corrected chi connectivity index (χ4v) is 15.8. The van der Waals surface area contributed by atoms with Crippen LogP contribution in [-0.4, -0.2) is 170 Å². The zero-order valence-electron chi connectivity index (χ0n) is 38.2. The van der Waals surface area contributed by atoms with E-state index in [4.69, 9.17) is 33.2 Å². The molecule has 0 aromatic rings. The standard InChI is InChI=1S/C47H76O16/c1-21-9-15-46-20-58-47(38(46)22(21)2)16-11-27-43(6)13-12-29(42(4,5)26(43)10-14-44(27,7)45(47,8)17-28(46)50)61-40-36(33(54)30(51)23(3)59-40)63-41-37(34(55)32(53)25(18-48)60-41)62-39-35(56)31(52)24(49)19-57-39/h11,16,21-41,48-56H,9-10,12-15,17-20H2,1-8H3/t21-,22+,23-,24-,25-,26+,27-,28-,29+,30+,31+,32-,33+,34+,35-,36-,37-,38-,39+,40+,41+,43+,44-,45+,46+,47+/m1/s1. The fraction of sp³-hybridized carbons (Fsp3) is 0.957. The topological polar surface area (TPSA) is 247 Å². The van der Waals surface area contributed by atoms with E-state index in [9.17, 15) is 46.0 Å². The van der Waals surface area contributed by atoms with Crippen LogP contribution in [0.4, 0.5) is 0 Å². The summed E-state index contributed by atoms with van der Waals surface area (Å²) in [6.45, 7) is 17.6. The van der Waals surface area contributed by atoms with Crippen LogP contribution in [0.25, 0.3) is 0 Å². The van der Waals surface area contributed by atoms with E-state index in [1.54, 1.807) is 6.92 Å². The quantitative estimate of drug-likeness (QED) is 0.128. The van der Waals surface area contributed by atoms with Crippen molar-refractivity contribution in [2.45, 2.75) is 204 Å². The third-order valence-electron chi connectivity index (χ3n) is 19.8. The molecule has 1 spiro atoms. The summed E-state index contributed by atoms with van der Waals surface area (Å²) >= 11 is 0. The molecule has 2 bridgehead atoms. The lowest BCUT2D eigenvalue weighted by Gasteiger charge is -2.73. The molecule has 16 heteroatoms. The monoisotopic (exact) mass is 897 g/mol. The second-order valence-electron chi connectivity index (χ2n) is 22.9. The zero-order valence-corrected chi connectivity index (χ0v) is 38.2. The molecule has 0 unspecified atom stereocenters. The van der Waals surface area contributed by atoms with Crippen molar-refractivity contribution >= 4 is 0 Å². The molecule has 0 radical (unpaired) electrons. The lowest BCUT2D eigenvalue weighted by molar-refractivity contribution is -0.393. The molecule has 4 saturated carbocycles. The Morgan fingerprint density at radius 3 is 2.06 bits per heavy atom. The minimum absolute atomic E-state index is 0.139. The van der Waals surface area contributed by atoms with Crippen LogP contribution in [0.3, 0.4) is 0 Å². The van der Waals surface area contributed by atoms with Gasteiger partial charge < -0.3 is 79.1 Å². The van der Waals surface area contributed by atoms with Gasteiger partial charge in [-0.3, -0.25) is 0 Å². The van der Waals surface area contributed by atoms with Crippen molar-refractivity contribution in [3.8, 4) is 0 Å². The molecule has 16 nitrogen and oxygen atoms in total. The molecular weight excluding hydrogens is 821 g/mol. The Kier molecular flexibility index (Phi) is 12.1. The highest BCUT2D eigenvalue weighted by atomic mass is 16.8. The van der Waals surface area contributed by atoms with Gasteiger partial charge in [0.2, 0.25) is 0 Å². The van der Waals surface area contributed by atoms with Gasteiger partial charge in [0, 0.05) is 16.7 Å². The maximum Gasteiger partial charge on any atom is 0.187 e. The second kappa shape index (κ2) is 16.1. The largest absolute Gasteiger partial charge is 0.394 e. The van der Waals surface area contributed by atoms with E-state index in [0.29, 0.717) is 24.9 Å². The van der Waals surface area contributed by atoms with Crippen molar-refractivity contribution in [3.63, 3.8) is 0 Å². The van der Waals surface area contributed by atoms with E-state index in [1.165, 1.54) is 0 Å². The summed E-state index contributed by atoms with van der Waals surface area (Å²) in [7, 11) is 0. The molecule has 63 heavy (non-hydrogen) atoms. The van der Waals surface area contributed by atoms with Crippen LogP contribution in [-0.2, 0) is 33.2 Å². The molecular formula is C47H76O16. The molecule has 4 heterocycles. The minimum Gasteiger partial charge on any atom is -0.394 e. The van der Waals surface area contributed by atoms with E-state index in [2.05, 4.69) is 60.6 Å². The van der Waals surface area contributed by atoms with E-state index in [0.717, 1.165) is 38.5 Å². The molecule has 0 aromatic heterocycles. The third kappa shape index (κ3) is 6.58. The van der Waals surface area contributed by atoms with Crippen LogP contribution in [0.1, 0.15) is 100 Å². The summed E-state index contributed by atoms with van der Waals surface area (Å²) in [5.74, 6) is 1.64. The normalized spacial score (nSPS) is 59.8. The number of hydrogen-bond donors (Lipinski definition) is 9. The number of hydrogen-bond acceptors (Lipinski definition) is 16. The maximum absolute atomic E-state index is 12.2. The van der Waals surface area contributed by atoms with Gasteiger partial charge in [0.25, 0.3) is 0 Å². The highest BCUT2D eigenvalue weighted by Gasteiger charge is 2.79. The summed E-state index contributed by atoms with van der Waals surface area (Å²) in [5.41, 5.74) is -1.67. The van der Waals surface area contributed by atoms with E-state index < -0.39 is 122 Å². The van der Waals surface area contributed by atoms with E-state index in [-0.39, 0.29) is 39.4 Å². The summed E-state index contributed by atoms with van der Waals surface area (Å²) in [6.07, 6.45) is -10.7. The predicted octanol–water partition coefficient (Wildman–Crippen LogP) is 1.12. The maximum atomic E-state index is 12.2. The molecule has 9 N–H and O–H groups in total. The fourth-order valence-electron chi connectivity index (χ4n) is 15.8. The number of aliphatic hydroxyl groups excluding tert-OH is 9. The number of ether oxygens (including phenoxy) is 7. The van der Waals surface area contributed by atoms with Crippen molar-refractivity contribution in [2.75, 3.05) is 19.8 Å². The van der Waals surface area contributed by atoms with Gasteiger partial charge in [0.15, 0.2) is 18.9 Å². The average molecular weight is 897 g/mol. The number of rotatable bonds is 7. The lowest BCUT2D eigenvalue weighted by Crippen LogP contribution is -2.73. The Morgan fingerprint density at radius 1 is 0.698 bits per heavy atom. The first-order valence-electron chi connectivity index (χ1n) is 23.8. The van der Waals surface area contributed by atoms with E-state index >= 15 is 0 Å². The van der Waals surface area contributed by atoms with Crippen LogP contribution < -0.4 is 0 Å². The van der Waals surface area contributed by atoms with E-state index in [1.807, 2.05) is 0 Å². The van der Waals surface area contributed by atoms with Crippen molar-refractivity contribution in [2.24, 2.45) is 56.7 Å². The molecule has 0 amide bonds. The van der Waals surface area contributed by atoms with Crippen molar-refractivity contribution in [3.05, 3.63) is 12.2 Å². The van der Waals surface area contributed by atoms with Crippen LogP contribution in [0.2, 0.25) is 0 Å². The smallest absolute Gasteiger partial charge is 0.187 e. The Balaban J connectivity index is 0.978. The Morgan fingerprint density at radius 2 is 1.37 bits per heavy atom. The molecule has 5 aliphatic carbocycles. The molecule has 9 aliphatic rings. The summed E-state index contributed by atoms with van der Waals surface area (Å²) in [6, 6.07) is 0. The van der Waals surface area contributed by atoms with Crippen LogP contribution in [0.5, 0.6) is 0 Å². The second-order valence-corrected chi connectivity index (χ2v) is 22.9. The van der Waals surface area contributed by atoms with Crippen molar-refractivity contribution in [1.29, 1.82) is 0 Å². The number of aliphatic hydroxyl groups is 9. The molecule has 360 valence electrons. The van der Waals surface area contributed by atoms with Crippen LogP contribution >= 0.6 is 0 Å². The van der Waals surface area contributed by atoms with Gasteiger partial charge in [0.05, 0.1) is 43.7 Å². The van der Waals surface area contributed by atoms with Gasteiger partial charge in [-0.1, -0.05) is 60.6 Å². The number of fused-ring (bicyclic) bond motifs is 4. The first kappa shape index (κ1) is 47.2. The summed E-state index contributed by atoms with van der Waals surface area (Å²) < 4.78 is 44.0. The van der Waals surface area contributed by atoms with Gasteiger partial charge in [0.1, 0.15) is 61.0 Å². The van der Waals surface area contributed by atoms with Gasteiger partial charge in [-0.25, -0.2) is 0 Å². The summed E-state index contributed by atoms with van der Waals surface area (Å²) in [4.78, 5) is 0. The SMILES string of the molecule is C[C@H]1[C@H](C)CC[C@]23CO[C@@]4(C=C[C@@H]5[C@@]6(C)CC[C@H](O[C@@H]7O[C@H](C)[C@H](O)[C@H](O)[C@H]7O[C@@H]7O[C@H](CO)[C@@H](O)[C@H](O)[C@H]7O[C@@H]7OC[C@@H](O)[C@H](O)[C@H]7O)C(C)(C)[C@@H]6CC[C@@]5(C)[C@]4(C)C[C@H]2O)[C@H]13. The van der Waals surface area contributed by atoms with Gasteiger partial charge in [-0.05, 0) is 91.8 Å². The van der Waals surface area contributed by atoms with Gasteiger partial charge in [-0.2, -0.15) is 0 Å². The molecule has 0 aromatic carbocycles. The molecule has 8 fully saturated rings. The zero-order chi connectivity index (χ0) is 45.6. The highest BCUT2D eigenvalue weighted by molar-refractivity contribution is 5.36. The van der Waals surface area contributed by atoms with Gasteiger partial charge in [-0.15, -0.1) is 0 Å².